The van der Waals surface area contributed by atoms with Crippen molar-refractivity contribution < 1.29 is 14.7 Å². The number of carboxylic acid groups (broad SMARTS) is 1. The summed E-state index contributed by atoms with van der Waals surface area (Å²) < 4.78 is 1.03. The van der Waals surface area contributed by atoms with Gasteiger partial charge in [-0.3, -0.25) is 9.89 Å². The van der Waals surface area contributed by atoms with Crippen molar-refractivity contribution in [2.75, 3.05) is 25.0 Å². The summed E-state index contributed by atoms with van der Waals surface area (Å²) in [6.07, 6.45) is 1.36. The molecule has 11 heteroatoms. The SMILES string of the molecule is CC1CN(C(=O)c2nc(Nc3cc(C4CC4)[nH]n3)c3cc(I)ccc3n2)CCN1C(=O)O. The van der Waals surface area contributed by atoms with Crippen molar-refractivity contribution in [2.24, 2.45) is 0 Å². The summed E-state index contributed by atoms with van der Waals surface area (Å²) in [5.74, 6) is 1.47. The second-order valence-corrected chi connectivity index (χ2v) is 9.49. The van der Waals surface area contributed by atoms with E-state index in [4.69, 9.17) is 0 Å². The maximum Gasteiger partial charge on any atom is 0.407 e. The zero-order valence-corrected chi connectivity index (χ0v) is 19.5. The van der Waals surface area contributed by atoms with E-state index in [2.05, 4.69) is 48.1 Å². The number of amides is 2. The predicted octanol–water partition coefficient (Wildman–Crippen LogP) is 3.40. The van der Waals surface area contributed by atoms with Crippen LogP contribution in [-0.4, -0.2) is 72.7 Å². The molecule has 1 saturated carbocycles. The Morgan fingerprint density at radius 1 is 1.22 bits per heavy atom. The highest BCUT2D eigenvalue weighted by molar-refractivity contribution is 14.1. The first-order valence-electron chi connectivity index (χ1n) is 10.5. The van der Waals surface area contributed by atoms with Crippen molar-refractivity contribution in [1.29, 1.82) is 0 Å². The Morgan fingerprint density at radius 3 is 2.75 bits per heavy atom. The number of piperazine rings is 1. The number of nitrogens with one attached hydrogen (secondary N) is 2. The van der Waals surface area contributed by atoms with E-state index in [1.54, 1.807) is 11.8 Å². The van der Waals surface area contributed by atoms with E-state index in [0.29, 0.717) is 36.2 Å². The van der Waals surface area contributed by atoms with Gasteiger partial charge in [0, 0.05) is 52.3 Å². The Hall–Kier alpha value is -2.96. The van der Waals surface area contributed by atoms with Crippen LogP contribution in [0.25, 0.3) is 10.9 Å². The van der Waals surface area contributed by atoms with Gasteiger partial charge in [-0.2, -0.15) is 5.10 Å². The molecule has 1 atom stereocenters. The van der Waals surface area contributed by atoms with Crippen molar-refractivity contribution in [3.63, 3.8) is 0 Å². The number of fused-ring (bicyclic) bond motifs is 1. The predicted molar refractivity (Wildman–Crippen MR) is 126 cm³/mol. The minimum Gasteiger partial charge on any atom is -0.465 e. The van der Waals surface area contributed by atoms with Gasteiger partial charge in [-0.25, -0.2) is 14.8 Å². The fourth-order valence-electron chi connectivity index (χ4n) is 3.98. The van der Waals surface area contributed by atoms with Gasteiger partial charge < -0.3 is 20.2 Å². The lowest BCUT2D eigenvalue weighted by Crippen LogP contribution is -2.55. The zero-order chi connectivity index (χ0) is 22.4. The summed E-state index contributed by atoms with van der Waals surface area (Å²) >= 11 is 2.23. The van der Waals surface area contributed by atoms with E-state index >= 15 is 0 Å². The number of benzene rings is 1. The normalized spacial score (nSPS) is 18.8. The van der Waals surface area contributed by atoms with Crippen LogP contribution in [0, 0.1) is 3.57 Å². The van der Waals surface area contributed by atoms with Crippen molar-refractivity contribution in [3.05, 3.63) is 39.4 Å². The molecule has 1 aromatic carbocycles. The van der Waals surface area contributed by atoms with Gasteiger partial charge in [0.25, 0.3) is 5.91 Å². The van der Waals surface area contributed by atoms with Crippen molar-refractivity contribution in [3.8, 4) is 0 Å². The summed E-state index contributed by atoms with van der Waals surface area (Å²) in [7, 11) is 0. The number of carbonyl (C=O) groups is 2. The Labute approximate surface area is 197 Å². The lowest BCUT2D eigenvalue weighted by atomic mass is 10.2. The zero-order valence-electron chi connectivity index (χ0n) is 17.4. The topological polar surface area (TPSA) is 127 Å². The molecule has 3 N–H and O–H groups in total. The van der Waals surface area contributed by atoms with Crippen LogP contribution in [0.3, 0.4) is 0 Å². The quantitative estimate of drug-likeness (QED) is 0.428. The third-order valence-electron chi connectivity index (χ3n) is 5.87. The molecule has 3 aromatic rings. The van der Waals surface area contributed by atoms with Gasteiger partial charge in [-0.15, -0.1) is 0 Å². The first-order chi connectivity index (χ1) is 15.4. The average Bonchev–Trinajstić information content (AvgIpc) is 3.52. The maximum absolute atomic E-state index is 13.2. The molecule has 2 aliphatic rings. The van der Waals surface area contributed by atoms with Crippen molar-refractivity contribution in [1.82, 2.24) is 30.0 Å². The molecule has 32 heavy (non-hydrogen) atoms. The van der Waals surface area contributed by atoms with Crippen LogP contribution in [0.15, 0.2) is 24.3 Å². The first-order valence-corrected chi connectivity index (χ1v) is 11.6. The van der Waals surface area contributed by atoms with Crippen LogP contribution in [0.5, 0.6) is 0 Å². The molecule has 1 saturated heterocycles. The van der Waals surface area contributed by atoms with Crippen LogP contribution in [0.2, 0.25) is 0 Å². The lowest BCUT2D eigenvalue weighted by Gasteiger charge is -2.37. The molecule has 2 aromatic heterocycles. The molecule has 1 aliphatic heterocycles. The number of hydrogen-bond acceptors (Lipinski definition) is 6. The van der Waals surface area contributed by atoms with Crippen LogP contribution in [0.1, 0.15) is 42.0 Å². The molecule has 2 amide bonds. The van der Waals surface area contributed by atoms with Gasteiger partial charge >= 0.3 is 6.09 Å². The molecular weight excluding hydrogens is 525 g/mol. The van der Waals surface area contributed by atoms with Gasteiger partial charge in [0.15, 0.2) is 5.82 Å². The Morgan fingerprint density at radius 2 is 2.03 bits per heavy atom. The fraction of sp³-hybridized carbons (Fsp3) is 0.381. The van der Waals surface area contributed by atoms with Crippen LogP contribution in [-0.2, 0) is 0 Å². The lowest BCUT2D eigenvalue weighted by molar-refractivity contribution is 0.0497. The average molecular weight is 547 g/mol. The Balaban J connectivity index is 1.46. The molecule has 5 rings (SSSR count). The highest BCUT2D eigenvalue weighted by Gasteiger charge is 2.31. The largest absolute Gasteiger partial charge is 0.465 e. The maximum atomic E-state index is 13.2. The first kappa shape index (κ1) is 20.9. The van der Waals surface area contributed by atoms with Crippen LogP contribution in [0.4, 0.5) is 16.4 Å². The number of aromatic amines is 1. The molecule has 10 nitrogen and oxygen atoms in total. The standard InChI is InChI=1S/C21H22IN7O3/c1-11-10-28(6-7-29(11)21(31)32)20(30)19-23-15-5-4-13(22)8-14(15)18(25-19)24-17-9-16(26-27-17)12-2-3-12/h4-5,8-9,11-12H,2-3,6-7,10H2,1H3,(H,31,32)(H2,23,24,25,26,27). The minimum absolute atomic E-state index is 0.0788. The molecule has 2 fully saturated rings. The number of H-pyrrole nitrogens is 1. The smallest absolute Gasteiger partial charge is 0.407 e. The third-order valence-corrected chi connectivity index (χ3v) is 6.54. The van der Waals surface area contributed by atoms with E-state index in [9.17, 15) is 14.7 Å². The second kappa shape index (κ2) is 8.19. The molecule has 0 bridgehead atoms. The van der Waals surface area contributed by atoms with Gasteiger partial charge in [-0.1, -0.05) is 0 Å². The number of aromatic nitrogens is 4. The molecule has 1 aliphatic carbocycles. The number of hydrogen-bond donors (Lipinski definition) is 3. The summed E-state index contributed by atoms with van der Waals surface area (Å²) in [6, 6.07) is 7.45. The van der Waals surface area contributed by atoms with Crippen LogP contribution < -0.4 is 5.32 Å². The molecule has 0 radical (unpaired) electrons. The van der Waals surface area contributed by atoms with E-state index in [0.717, 1.165) is 14.7 Å². The van der Waals surface area contributed by atoms with Gasteiger partial charge in [0.2, 0.25) is 5.82 Å². The van der Waals surface area contributed by atoms with E-state index in [1.165, 1.54) is 17.7 Å². The number of nitrogens with zero attached hydrogens (tertiary/aromatic N) is 5. The minimum atomic E-state index is -0.975. The van der Waals surface area contributed by atoms with E-state index in [-0.39, 0.29) is 24.3 Å². The second-order valence-electron chi connectivity index (χ2n) is 8.24. The molecular formula is C21H22IN7O3. The number of anilines is 2. The van der Waals surface area contributed by atoms with Gasteiger partial charge in [0.1, 0.15) is 5.82 Å². The fourth-order valence-corrected chi connectivity index (χ4v) is 4.48. The monoisotopic (exact) mass is 547 g/mol. The summed E-state index contributed by atoms with van der Waals surface area (Å²) in [5, 5.41) is 20.8. The molecule has 1 unspecified atom stereocenters. The van der Waals surface area contributed by atoms with Crippen LogP contribution >= 0.6 is 22.6 Å². The number of halogens is 1. The highest BCUT2D eigenvalue weighted by Crippen LogP contribution is 2.39. The Kier molecular flexibility index (Phi) is 5.35. The van der Waals surface area contributed by atoms with Gasteiger partial charge in [-0.05, 0) is 60.6 Å². The van der Waals surface area contributed by atoms with Crippen molar-refractivity contribution >= 4 is 57.1 Å². The van der Waals surface area contributed by atoms with E-state index in [1.807, 2.05) is 24.3 Å². The summed E-state index contributed by atoms with van der Waals surface area (Å²) in [6.45, 7) is 2.65. The summed E-state index contributed by atoms with van der Waals surface area (Å²) in [4.78, 5) is 36.6. The number of rotatable bonds is 4. The molecule has 166 valence electrons. The highest BCUT2D eigenvalue weighted by atomic mass is 127. The van der Waals surface area contributed by atoms with E-state index < -0.39 is 6.09 Å². The summed E-state index contributed by atoms with van der Waals surface area (Å²) in [5.41, 5.74) is 1.75. The molecule has 3 heterocycles. The van der Waals surface area contributed by atoms with Gasteiger partial charge in [0.05, 0.1) is 5.52 Å². The third kappa shape index (κ3) is 4.08. The Bertz CT molecular complexity index is 1210. The van der Waals surface area contributed by atoms with Crippen molar-refractivity contribution in [2.45, 2.75) is 31.7 Å². The number of carbonyl (C=O) groups excluding carboxylic acids is 1. The molecule has 0 spiro atoms.